The Morgan fingerprint density at radius 1 is 0.867 bits per heavy atom. The van der Waals surface area contributed by atoms with E-state index in [1.54, 1.807) is 34.5 Å². The summed E-state index contributed by atoms with van der Waals surface area (Å²) in [4.78, 5) is 0. The predicted molar refractivity (Wildman–Crippen MR) is 116 cm³/mol. The number of methoxy groups -OCH3 is 4. The summed E-state index contributed by atoms with van der Waals surface area (Å²) in [5.41, 5.74) is 3.45. The lowest BCUT2D eigenvalue weighted by molar-refractivity contribution is 0.324. The van der Waals surface area contributed by atoms with Gasteiger partial charge in [0.25, 0.3) is 0 Å². The van der Waals surface area contributed by atoms with Crippen LogP contribution in [0.5, 0.6) is 28.7 Å². The van der Waals surface area contributed by atoms with E-state index in [0.717, 1.165) is 22.6 Å². The summed E-state index contributed by atoms with van der Waals surface area (Å²) >= 11 is 0. The molecule has 158 valence electrons. The standard InChI is InChI=1S/C23H26N2O5/c1-7-10-30-19-9-8-16(12-20(19)26-3)18-11-15(2)24-25(18)17-13-21(27-4)23(29-6)22(14-17)28-5/h7-9,11-14H,1,10H2,2-6H3. The van der Waals surface area contributed by atoms with Crippen LogP contribution in [0.25, 0.3) is 16.9 Å². The molecule has 0 bridgehead atoms. The van der Waals surface area contributed by atoms with Crippen LogP contribution in [0.2, 0.25) is 0 Å². The molecule has 0 atom stereocenters. The van der Waals surface area contributed by atoms with E-state index in [2.05, 4.69) is 11.7 Å². The van der Waals surface area contributed by atoms with E-state index in [1.807, 2.05) is 48.0 Å². The predicted octanol–water partition coefficient (Wildman–Crippen LogP) is 4.45. The third-order valence-electron chi connectivity index (χ3n) is 4.54. The molecular weight excluding hydrogens is 384 g/mol. The van der Waals surface area contributed by atoms with Crippen LogP contribution in [0.15, 0.2) is 49.1 Å². The second-order valence-electron chi connectivity index (χ2n) is 6.43. The van der Waals surface area contributed by atoms with Gasteiger partial charge >= 0.3 is 0 Å². The fraction of sp³-hybridized carbons (Fsp3) is 0.261. The third kappa shape index (κ3) is 4.05. The van der Waals surface area contributed by atoms with Crippen LogP contribution in [-0.4, -0.2) is 44.8 Å². The number of aryl methyl sites for hydroxylation is 1. The molecule has 0 saturated heterocycles. The molecule has 0 aliphatic heterocycles. The monoisotopic (exact) mass is 410 g/mol. The fourth-order valence-electron chi connectivity index (χ4n) is 3.19. The number of rotatable bonds is 9. The van der Waals surface area contributed by atoms with Crippen LogP contribution in [0.3, 0.4) is 0 Å². The average Bonchev–Trinajstić information content (AvgIpc) is 3.17. The molecule has 0 aliphatic carbocycles. The molecule has 1 aromatic heterocycles. The van der Waals surface area contributed by atoms with Gasteiger partial charge in [0.15, 0.2) is 23.0 Å². The van der Waals surface area contributed by atoms with Crippen molar-refractivity contribution in [3.05, 3.63) is 54.7 Å². The Morgan fingerprint density at radius 3 is 2.10 bits per heavy atom. The van der Waals surface area contributed by atoms with Gasteiger partial charge in [0.05, 0.1) is 45.5 Å². The zero-order chi connectivity index (χ0) is 21.7. The molecule has 0 radical (unpaired) electrons. The van der Waals surface area contributed by atoms with Crippen LogP contribution in [0, 0.1) is 6.92 Å². The van der Waals surface area contributed by atoms with Gasteiger partial charge in [-0.2, -0.15) is 5.10 Å². The van der Waals surface area contributed by atoms with Gasteiger partial charge in [0.1, 0.15) is 6.61 Å². The lowest BCUT2D eigenvalue weighted by atomic mass is 10.1. The van der Waals surface area contributed by atoms with E-state index in [0.29, 0.717) is 35.4 Å². The van der Waals surface area contributed by atoms with E-state index in [4.69, 9.17) is 23.7 Å². The summed E-state index contributed by atoms with van der Waals surface area (Å²) in [5, 5.41) is 4.67. The van der Waals surface area contributed by atoms with Crippen molar-refractivity contribution in [2.75, 3.05) is 35.0 Å². The Kier molecular flexibility index (Phi) is 6.51. The van der Waals surface area contributed by atoms with Crippen molar-refractivity contribution in [2.24, 2.45) is 0 Å². The Bertz CT molecular complexity index is 1020. The molecule has 3 aromatic rings. The highest BCUT2D eigenvalue weighted by atomic mass is 16.5. The normalized spacial score (nSPS) is 10.4. The number of benzene rings is 2. The van der Waals surface area contributed by atoms with Crippen molar-refractivity contribution in [3.63, 3.8) is 0 Å². The molecular formula is C23H26N2O5. The first kappa shape index (κ1) is 21.1. The van der Waals surface area contributed by atoms with Crippen molar-refractivity contribution < 1.29 is 23.7 Å². The van der Waals surface area contributed by atoms with Gasteiger partial charge in [-0.15, -0.1) is 0 Å². The first-order valence-corrected chi connectivity index (χ1v) is 9.35. The molecule has 30 heavy (non-hydrogen) atoms. The van der Waals surface area contributed by atoms with Gasteiger partial charge < -0.3 is 23.7 Å². The van der Waals surface area contributed by atoms with Crippen LogP contribution in [0.4, 0.5) is 0 Å². The smallest absolute Gasteiger partial charge is 0.203 e. The highest BCUT2D eigenvalue weighted by Gasteiger charge is 2.18. The molecule has 0 aliphatic rings. The van der Waals surface area contributed by atoms with E-state index < -0.39 is 0 Å². The summed E-state index contributed by atoms with van der Waals surface area (Å²) in [6, 6.07) is 11.5. The van der Waals surface area contributed by atoms with Crippen molar-refractivity contribution in [2.45, 2.75) is 6.92 Å². The first-order valence-electron chi connectivity index (χ1n) is 9.35. The Labute approximate surface area is 176 Å². The minimum atomic E-state index is 0.401. The number of hydrogen-bond donors (Lipinski definition) is 0. The maximum absolute atomic E-state index is 5.66. The SMILES string of the molecule is C=CCOc1ccc(-c2cc(C)nn2-c2cc(OC)c(OC)c(OC)c2)cc1OC. The van der Waals surface area contributed by atoms with Crippen molar-refractivity contribution in [1.82, 2.24) is 9.78 Å². The first-order chi connectivity index (χ1) is 14.6. The number of ether oxygens (including phenoxy) is 5. The molecule has 1 heterocycles. The topological polar surface area (TPSA) is 64.0 Å². The minimum absolute atomic E-state index is 0.401. The maximum atomic E-state index is 5.66. The van der Waals surface area contributed by atoms with Gasteiger partial charge in [-0.05, 0) is 31.2 Å². The molecule has 0 spiro atoms. The summed E-state index contributed by atoms with van der Waals surface area (Å²) < 4.78 is 29.4. The summed E-state index contributed by atoms with van der Waals surface area (Å²) in [5.74, 6) is 2.91. The molecule has 2 aromatic carbocycles. The Hall–Kier alpha value is -3.61. The third-order valence-corrected chi connectivity index (χ3v) is 4.54. The zero-order valence-electron chi connectivity index (χ0n) is 17.9. The van der Waals surface area contributed by atoms with Crippen LogP contribution in [0.1, 0.15) is 5.69 Å². The molecule has 7 heteroatoms. The quantitative estimate of drug-likeness (QED) is 0.486. The molecule has 7 nitrogen and oxygen atoms in total. The van der Waals surface area contributed by atoms with Gasteiger partial charge in [0.2, 0.25) is 5.75 Å². The molecule has 0 fully saturated rings. The van der Waals surface area contributed by atoms with E-state index >= 15 is 0 Å². The van der Waals surface area contributed by atoms with Crippen molar-refractivity contribution in [3.8, 4) is 45.7 Å². The molecule has 0 saturated carbocycles. The largest absolute Gasteiger partial charge is 0.493 e. The molecule has 3 rings (SSSR count). The number of aromatic nitrogens is 2. The van der Waals surface area contributed by atoms with E-state index in [-0.39, 0.29) is 0 Å². The second kappa shape index (κ2) is 9.26. The Balaban J connectivity index is 2.13. The summed E-state index contributed by atoms with van der Waals surface area (Å²) in [6.07, 6.45) is 1.69. The molecule has 0 unspecified atom stereocenters. The van der Waals surface area contributed by atoms with Crippen LogP contribution in [-0.2, 0) is 0 Å². The van der Waals surface area contributed by atoms with E-state index in [9.17, 15) is 0 Å². The van der Waals surface area contributed by atoms with Gasteiger partial charge in [-0.1, -0.05) is 12.7 Å². The summed E-state index contributed by atoms with van der Waals surface area (Å²) in [6.45, 7) is 6.02. The second-order valence-corrected chi connectivity index (χ2v) is 6.43. The number of hydrogen-bond acceptors (Lipinski definition) is 6. The van der Waals surface area contributed by atoms with Gasteiger partial charge in [-0.3, -0.25) is 0 Å². The minimum Gasteiger partial charge on any atom is -0.493 e. The van der Waals surface area contributed by atoms with Crippen molar-refractivity contribution in [1.29, 1.82) is 0 Å². The van der Waals surface area contributed by atoms with Gasteiger partial charge in [0, 0.05) is 17.7 Å². The lowest BCUT2D eigenvalue weighted by Gasteiger charge is -2.16. The molecule has 0 amide bonds. The Morgan fingerprint density at radius 2 is 1.53 bits per heavy atom. The van der Waals surface area contributed by atoms with Crippen LogP contribution >= 0.6 is 0 Å². The average molecular weight is 410 g/mol. The maximum Gasteiger partial charge on any atom is 0.203 e. The van der Waals surface area contributed by atoms with E-state index in [1.165, 1.54) is 0 Å². The van der Waals surface area contributed by atoms with Gasteiger partial charge in [-0.25, -0.2) is 4.68 Å². The zero-order valence-corrected chi connectivity index (χ0v) is 17.9. The molecule has 0 N–H and O–H groups in total. The lowest BCUT2D eigenvalue weighted by Crippen LogP contribution is -2.03. The van der Waals surface area contributed by atoms with Crippen LogP contribution < -0.4 is 23.7 Å². The highest BCUT2D eigenvalue weighted by Crippen LogP contribution is 2.40. The summed E-state index contributed by atoms with van der Waals surface area (Å²) in [7, 11) is 6.36. The fourth-order valence-corrected chi connectivity index (χ4v) is 3.19. The van der Waals surface area contributed by atoms with Crippen molar-refractivity contribution >= 4 is 0 Å². The number of nitrogens with zero attached hydrogens (tertiary/aromatic N) is 2. The highest BCUT2D eigenvalue weighted by molar-refractivity contribution is 5.68.